The second-order valence-electron chi connectivity index (χ2n) is 7.81. The molecule has 0 spiro atoms. The normalized spacial score (nSPS) is 26.4. The molecule has 2 aliphatic heterocycles. The number of hydrogen-bond acceptors (Lipinski definition) is 5. The lowest BCUT2D eigenvalue weighted by atomic mass is 9.79. The lowest BCUT2D eigenvalue weighted by molar-refractivity contribution is -0.119. The summed E-state index contributed by atoms with van der Waals surface area (Å²) in [5.74, 6) is -2.28. The summed E-state index contributed by atoms with van der Waals surface area (Å²) in [6, 6.07) is 7.89. The zero-order valence-corrected chi connectivity index (χ0v) is 16.3. The third kappa shape index (κ3) is 3.27. The van der Waals surface area contributed by atoms with Crippen molar-refractivity contribution in [3.63, 3.8) is 0 Å². The predicted molar refractivity (Wildman–Crippen MR) is 106 cm³/mol. The Bertz CT molecular complexity index is 1030. The third-order valence-electron chi connectivity index (χ3n) is 5.92. The molecule has 2 N–H and O–H groups in total. The monoisotopic (exact) mass is 395 g/mol. The highest BCUT2D eigenvalue weighted by molar-refractivity contribution is 5.98. The van der Waals surface area contributed by atoms with Crippen LogP contribution < -0.4 is 15.8 Å². The summed E-state index contributed by atoms with van der Waals surface area (Å²) in [5, 5.41) is 12.2. The number of halogens is 1. The van der Waals surface area contributed by atoms with Crippen LogP contribution in [0.25, 0.3) is 0 Å². The average Bonchev–Trinajstić information content (AvgIpc) is 2.67. The predicted octanol–water partition coefficient (Wildman–Crippen LogP) is 2.90. The molecule has 4 rings (SSSR count). The van der Waals surface area contributed by atoms with Crippen molar-refractivity contribution in [2.75, 3.05) is 10.2 Å². The minimum Gasteiger partial charge on any atom is -0.337 e. The molecule has 1 saturated heterocycles. The third-order valence-corrected chi connectivity index (χ3v) is 5.92. The number of fused-ring (bicyclic) bond motifs is 1. The van der Waals surface area contributed by atoms with Gasteiger partial charge in [0.15, 0.2) is 0 Å². The van der Waals surface area contributed by atoms with E-state index in [0.717, 1.165) is 19.3 Å². The number of hydrogen-bond donors (Lipinski definition) is 2. The van der Waals surface area contributed by atoms with Gasteiger partial charge in [0.1, 0.15) is 17.6 Å². The first-order valence-electron chi connectivity index (χ1n) is 9.79. The summed E-state index contributed by atoms with van der Waals surface area (Å²) >= 11 is 0. The van der Waals surface area contributed by atoms with Gasteiger partial charge in [-0.15, -0.1) is 0 Å². The van der Waals surface area contributed by atoms with Crippen molar-refractivity contribution in [3.8, 4) is 6.07 Å². The van der Waals surface area contributed by atoms with Gasteiger partial charge in [-0.3, -0.25) is 14.6 Å². The summed E-state index contributed by atoms with van der Waals surface area (Å²) in [7, 11) is 0. The molecule has 7 nitrogen and oxygen atoms in total. The number of anilines is 2. The molecule has 150 valence electrons. The minimum atomic E-state index is -1.10. The number of carbonyl (C=O) groups excluding carboxylic acids is 1. The number of nitrogens with one attached hydrogen (secondary N) is 2. The largest absolute Gasteiger partial charge is 0.337 e. The summed E-state index contributed by atoms with van der Waals surface area (Å²) < 4.78 is 13.4. The fraction of sp³-hybridized carbons (Fsp3) is 0.429. The summed E-state index contributed by atoms with van der Waals surface area (Å²) in [4.78, 5) is 35.2. The Morgan fingerprint density at radius 3 is 2.45 bits per heavy atom. The number of aromatic nitrogens is 2. The number of piperidine rings is 1. The van der Waals surface area contributed by atoms with Gasteiger partial charge in [0.05, 0.1) is 11.6 Å². The summed E-state index contributed by atoms with van der Waals surface area (Å²) in [6.07, 6.45) is 3.10. The van der Waals surface area contributed by atoms with Crippen molar-refractivity contribution in [1.82, 2.24) is 9.97 Å². The van der Waals surface area contributed by atoms with Gasteiger partial charge in [-0.25, -0.2) is 4.39 Å². The second-order valence-corrected chi connectivity index (χ2v) is 7.81. The molecule has 4 atom stereocenters. The lowest BCUT2D eigenvalue weighted by Gasteiger charge is -2.40. The maximum Gasteiger partial charge on any atom is 0.258 e. The van der Waals surface area contributed by atoms with E-state index in [1.165, 1.54) is 24.3 Å². The van der Waals surface area contributed by atoms with E-state index in [2.05, 4.69) is 34.0 Å². The van der Waals surface area contributed by atoms with Gasteiger partial charge < -0.3 is 10.2 Å². The topological polar surface area (TPSA) is 102 Å². The van der Waals surface area contributed by atoms with Crippen molar-refractivity contribution in [3.05, 3.63) is 51.6 Å². The maximum atomic E-state index is 13.4. The van der Waals surface area contributed by atoms with Crippen molar-refractivity contribution in [1.29, 1.82) is 5.26 Å². The minimum absolute atomic E-state index is 0.166. The van der Waals surface area contributed by atoms with E-state index < -0.39 is 29.1 Å². The highest BCUT2D eigenvalue weighted by Gasteiger charge is 2.41. The molecule has 1 aromatic heterocycles. The van der Waals surface area contributed by atoms with Gasteiger partial charge in [0.25, 0.3) is 5.56 Å². The smallest absolute Gasteiger partial charge is 0.258 e. The highest BCUT2D eigenvalue weighted by atomic mass is 19.1. The molecule has 4 unspecified atom stereocenters. The van der Waals surface area contributed by atoms with Gasteiger partial charge in [-0.05, 0) is 50.8 Å². The number of amides is 1. The average molecular weight is 395 g/mol. The van der Waals surface area contributed by atoms with Crippen LogP contribution in [0.1, 0.15) is 50.2 Å². The van der Waals surface area contributed by atoms with E-state index in [9.17, 15) is 19.2 Å². The lowest BCUT2D eigenvalue weighted by Crippen LogP contribution is -2.46. The van der Waals surface area contributed by atoms with Crippen LogP contribution in [-0.4, -0.2) is 28.0 Å². The quantitative estimate of drug-likeness (QED) is 0.814. The molecular weight excluding hydrogens is 373 g/mol. The van der Waals surface area contributed by atoms with Crippen molar-refractivity contribution >= 4 is 17.7 Å². The van der Waals surface area contributed by atoms with Gasteiger partial charge in [0, 0.05) is 18.0 Å². The Hall–Kier alpha value is -3.21. The van der Waals surface area contributed by atoms with Gasteiger partial charge in [-0.2, -0.15) is 10.2 Å². The zero-order valence-electron chi connectivity index (χ0n) is 16.3. The van der Waals surface area contributed by atoms with E-state index in [1.807, 2.05) is 6.07 Å². The van der Waals surface area contributed by atoms with Crippen LogP contribution in [0, 0.1) is 23.1 Å². The number of nitriles is 1. The maximum absolute atomic E-state index is 13.4. The standard InChI is InChI=1S/C21H22FN5O2/c1-11-4-3-5-12(2)27(11)21-25-18-17(20(29)26-21)16(15(10-23)19(28)24-18)13-6-8-14(22)9-7-13/h6-9,11-12,15-16H,3-5H2,1-2H3,(H2,24,25,26,28,29). The van der Waals surface area contributed by atoms with Crippen LogP contribution in [0.15, 0.2) is 29.1 Å². The van der Waals surface area contributed by atoms with Crippen LogP contribution in [0.5, 0.6) is 0 Å². The van der Waals surface area contributed by atoms with E-state index in [4.69, 9.17) is 0 Å². The molecule has 3 heterocycles. The molecule has 0 bridgehead atoms. The molecule has 0 aliphatic carbocycles. The van der Waals surface area contributed by atoms with Crippen LogP contribution in [0.4, 0.5) is 16.2 Å². The Labute approximate surface area is 167 Å². The number of rotatable bonds is 2. The Morgan fingerprint density at radius 1 is 1.17 bits per heavy atom. The highest BCUT2D eigenvalue weighted by Crippen LogP contribution is 2.38. The number of H-pyrrole nitrogens is 1. The molecule has 1 fully saturated rings. The second kappa shape index (κ2) is 7.32. The number of carbonyl (C=O) groups is 1. The molecule has 0 saturated carbocycles. The number of aromatic amines is 1. The first-order valence-corrected chi connectivity index (χ1v) is 9.79. The molecule has 2 aliphatic rings. The van der Waals surface area contributed by atoms with Crippen molar-refractivity contribution < 1.29 is 9.18 Å². The summed E-state index contributed by atoms with van der Waals surface area (Å²) in [5.41, 5.74) is 0.349. The van der Waals surface area contributed by atoms with Crippen molar-refractivity contribution in [2.24, 2.45) is 5.92 Å². The Morgan fingerprint density at radius 2 is 1.83 bits per heavy atom. The zero-order chi connectivity index (χ0) is 20.7. The fourth-order valence-electron chi connectivity index (χ4n) is 4.49. The molecule has 2 aromatic rings. The molecule has 0 radical (unpaired) electrons. The SMILES string of the molecule is CC1CCCC(C)N1c1nc2c(c(=O)[nH]1)C(c1ccc(F)cc1)C(C#N)C(=O)N2. The van der Waals surface area contributed by atoms with E-state index in [0.29, 0.717) is 11.5 Å². The van der Waals surface area contributed by atoms with E-state index in [1.54, 1.807) is 0 Å². The van der Waals surface area contributed by atoms with Crippen LogP contribution in [0.2, 0.25) is 0 Å². The molecule has 29 heavy (non-hydrogen) atoms. The summed E-state index contributed by atoms with van der Waals surface area (Å²) in [6.45, 7) is 4.17. The fourth-order valence-corrected chi connectivity index (χ4v) is 4.49. The first kappa shape index (κ1) is 19.1. The molecule has 1 aromatic carbocycles. The number of nitrogens with zero attached hydrogens (tertiary/aromatic N) is 3. The first-order chi connectivity index (χ1) is 13.9. The van der Waals surface area contributed by atoms with Gasteiger partial charge >= 0.3 is 0 Å². The van der Waals surface area contributed by atoms with Crippen LogP contribution in [-0.2, 0) is 4.79 Å². The molecule has 8 heteroatoms. The Kier molecular flexibility index (Phi) is 4.82. The Balaban J connectivity index is 1.85. The van der Waals surface area contributed by atoms with Gasteiger partial charge in [0.2, 0.25) is 11.9 Å². The van der Waals surface area contributed by atoms with Gasteiger partial charge in [-0.1, -0.05) is 12.1 Å². The van der Waals surface area contributed by atoms with E-state index in [-0.39, 0.29) is 23.5 Å². The number of benzene rings is 1. The van der Waals surface area contributed by atoms with Crippen molar-refractivity contribution in [2.45, 2.75) is 51.1 Å². The molecule has 1 amide bonds. The molecular formula is C21H22FN5O2. The van der Waals surface area contributed by atoms with Crippen LogP contribution in [0.3, 0.4) is 0 Å². The van der Waals surface area contributed by atoms with Crippen LogP contribution >= 0.6 is 0 Å². The van der Waals surface area contributed by atoms with E-state index >= 15 is 0 Å².